The lowest BCUT2D eigenvalue weighted by Crippen LogP contribution is -2.39. The number of hydrogen-bond acceptors (Lipinski definition) is 5. The second-order valence-corrected chi connectivity index (χ2v) is 9.39. The van der Waals surface area contributed by atoms with Crippen molar-refractivity contribution in [2.45, 2.75) is 31.0 Å². The molecule has 2 aromatic carbocycles. The molecule has 0 spiro atoms. The minimum Gasteiger partial charge on any atom is -0.492 e. The zero-order chi connectivity index (χ0) is 20.4. The molecule has 1 saturated heterocycles. The van der Waals surface area contributed by atoms with E-state index in [0.717, 1.165) is 44.0 Å². The smallest absolute Gasteiger partial charge is 0.243 e. The number of rotatable bonds is 4. The van der Waals surface area contributed by atoms with Crippen molar-refractivity contribution in [3.05, 3.63) is 59.4 Å². The summed E-state index contributed by atoms with van der Waals surface area (Å²) in [6, 6.07) is 10.6. The number of ether oxygens (including phenoxy) is 2. The van der Waals surface area contributed by atoms with Crippen LogP contribution in [0.25, 0.3) is 0 Å². The predicted octanol–water partition coefficient (Wildman–Crippen LogP) is 2.63. The zero-order valence-electron chi connectivity index (χ0n) is 16.4. The molecule has 2 aliphatic rings. The van der Waals surface area contributed by atoms with Gasteiger partial charge in [-0.15, -0.1) is 0 Å². The van der Waals surface area contributed by atoms with Crippen LogP contribution in [-0.2, 0) is 27.8 Å². The van der Waals surface area contributed by atoms with Gasteiger partial charge in [0.25, 0.3) is 0 Å². The lowest BCUT2D eigenvalue weighted by molar-refractivity contribution is 0.0342. The SMILES string of the molecule is C[C@H]1COc2ccc(CN3CCOCC3)cc2CN1S(=O)(=O)c1ccc(F)cc1. The number of sulfonamides is 1. The minimum atomic E-state index is -3.77. The molecule has 0 unspecified atom stereocenters. The van der Waals surface area contributed by atoms with E-state index < -0.39 is 15.8 Å². The lowest BCUT2D eigenvalue weighted by Gasteiger charge is -2.27. The molecule has 2 aromatic rings. The first kappa shape index (κ1) is 20.3. The Balaban J connectivity index is 1.60. The third-order valence-electron chi connectivity index (χ3n) is 5.35. The van der Waals surface area contributed by atoms with E-state index in [1.165, 1.54) is 28.6 Å². The molecule has 4 rings (SSSR count). The van der Waals surface area contributed by atoms with Gasteiger partial charge in [-0.3, -0.25) is 4.90 Å². The van der Waals surface area contributed by atoms with E-state index in [2.05, 4.69) is 4.90 Å². The molecule has 0 saturated carbocycles. The Labute approximate surface area is 170 Å². The summed E-state index contributed by atoms with van der Waals surface area (Å²) in [4.78, 5) is 2.40. The molecule has 0 N–H and O–H groups in total. The van der Waals surface area contributed by atoms with Crippen LogP contribution in [0.4, 0.5) is 4.39 Å². The molecule has 156 valence electrons. The Kier molecular flexibility index (Phi) is 5.87. The Morgan fingerprint density at radius 1 is 1.10 bits per heavy atom. The van der Waals surface area contributed by atoms with Crippen LogP contribution in [0.1, 0.15) is 18.1 Å². The topological polar surface area (TPSA) is 59.1 Å². The molecule has 1 fully saturated rings. The molecule has 0 aromatic heterocycles. The highest BCUT2D eigenvalue weighted by atomic mass is 32.2. The molecule has 8 heteroatoms. The molecule has 0 bridgehead atoms. The van der Waals surface area contributed by atoms with E-state index in [0.29, 0.717) is 5.75 Å². The number of hydrogen-bond donors (Lipinski definition) is 0. The van der Waals surface area contributed by atoms with Crippen LogP contribution < -0.4 is 4.74 Å². The van der Waals surface area contributed by atoms with Gasteiger partial charge in [0.2, 0.25) is 10.0 Å². The van der Waals surface area contributed by atoms with Crippen molar-refractivity contribution in [2.75, 3.05) is 32.9 Å². The molecule has 0 aliphatic carbocycles. The third kappa shape index (κ3) is 4.45. The van der Waals surface area contributed by atoms with Crippen molar-refractivity contribution in [3.8, 4) is 5.75 Å². The summed E-state index contributed by atoms with van der Waals surface area (Å²) in [5, 5.41) is 0. The summed E-state index contributed by atoms with van der Waals surface area (Å²) in [5.41, 5.74) is 1.95. The summed E-state index contributed by atoms with van der Waals surface area (Å²) >= 11 is 0. The van der Waals surface area contributed by atoms with Crippen LogP contribution in [-0.4, -0.2) is 56.6 Å². The van der Waals surface area contributed by atoms with Gasteiger partial charge >= 0.3 is 0 Å². The van der Waals surface area contributed by atoms with Gasteiger partial charge in [0.1, 0.15) is 18.2 Å². The second-order valence-electron chi connectivity index (χ2n) is 7.49. The van der Waals surface area contributed by atoms with Crippen molar-refractivity contribution in [2.24, 2.45) is 0 Å². The van der Waals surface area contributed by atoms with Crippen LogP contribution in [0.5, 0.6) is 5.75 Å². The van der Waals surface area contributed by atoms with Gasteiger partial charge in [-0.1, -0.05) is 6.07 Å². The molecule has 29 heavy (non-hydrogen) atoms. The van der Waals surface area contributed by atoms with E-state index in [1.807, 2.05) is 25.1 Å². The van der Waals surface area contributed by atoms with Gasteiger partial charge in [0.05, 0.1) is 24.2 Å². The molecule has 2 aliphatic heterocycles. The Bertz CT molecular complexity index is 959. The maximum absolute atomic E-state index is 13.3. The van der Waals surface area contributed by atoms with Gasteiger partial charge in [0.15, 0.2) is 0 Å². The van der Waals surface area contributed by atoms with E-state index >= 15 is 0 Å². The minimum absolute atomic E-state index is 0.0821. The average Bonchev–Trinajstić information content (AvgIpc) is 2.88. The van der Waals surface area contributed by atoms with E-state index in [4.69, 9.17) is 9.47 Å². The van der Waals surface area contributed by atoms with E-state index in [1.54, 1.807) is 0 Å². The summed E-state index contributed by atoms with van der Waals surface area (Å²) < 4.78 is 52.4. The van der Waals surface area contributed by atoms with E-state index in [-0.39, 0.29) is 24.1 Å². The van der Waals surface area contributed by atoms with Crippen molar-refractivity contribution in [3.63, 3.8) is 0 Å². The molecule has 0 radical (unpaired) electrons. The number of nitrogens with zero attached hydrogens (tertiary/aromatic N) is 2. The maximum atomic E-state index is 13.3. The first-order valence-corrected chi connectivity index (χ1v) is 11.2. The Hall–Kier alpha value is -2.00. The molecule has 2 heterocycles. The summed E-state index contributed by atoms with van der Waals surface area (Å²) in [6.07, 6.45) is 0. The number of halogens is 1. The van der Waals surface area contributed by atoms with Crippen LogP contribution in [0, 0.1) is 5.82 Å². The highest BCUT2D eigenvalue weighted by Crippen LogP contribution is 2.30. The largest absolute Gasteiger partial charge is 0.492 e. The molecule has 0 amide bonds. The fourth-order valence-corrected chi connectivity index (χ4v) is 5.29. The van der Waals surface area contributed by atoms with Gasteiger partial charge in [-0.05, 0) is 48.9 Å². The van der Waals surface area contributed by atoms with Crippen molar-refractivity contribution < 1.29 is 22.3 Å². The predicted molar refractivity (Wildman–Crippen MR) is 107 cm³/mol. The Morgan fingerprint density at radius 2 is 1.83 bits per heavy atom. The number of morpholine rings is 1. The molecular weight excluding hydrogens is 395 g/mol. The summed E-state index contributed by atoms with van der Waals surface area (Å²) in [7, 11) is -3.77. The van der Waals surface area contributed by atoms with Crippen LogP contribution >= 0.6 is 0 Å². The highest BCUT2D eigenvalue weighted by Gasteiger charge is 2.32. The first-order valence-electron chi connectivity index (χ1n) is 9.75. The second kappa shape index (κ2) is 8.39. The zero-order valence-corrected chi connectivity index (χ0v) is 17.2. The molecule has 6 nitrogen and oxygen atoms in total. The maximum Gasteiger partial charge on any atom is 0.243 e. The molecular formula is C21H25FN2O4S. The quantitative estimate of drug-likeness (QED) is 0.761. The monoisotopic (exact) mass is 420 g/mol. The third-order valence-corrected chi connectivity index (χ3v) is 7.33. The number of benzene rings is 2. The van der Waals surface area contributed by atoms with Crippen LogP contribution in [0.3, 0.4) is 0 Å². The average molecular weight is 421 g/mol. The van der Waals surface area contributed by atoms with Crippen molar-refractivity contribution >= 4 is 10.0 Å². The summed E-state index contributed by atoms with van der Waals surface area (Å²) in [6.45, 7) is 6.32. The van der Waals surface area contributed by atoms with Crippen molar-refractivity contribution in [1.29, 1.82) is 0 Å². The molecule has 1 atom stereocenters. The fraction of sp³-hybridized carbons (Fsp3) is 0.429. The lowest BCUT2D eigenvalue weighted by atomic mass is 10.1. The van der Waals surface area contributed by atoms with Gasteiger partial charge in [0, 0.05) is 31.7 Å². The van der Waals surface area contributed by atoms with Crippen LogP contribution in [0.2, 0.25) is 0 Å². The normalized spacial score (nSPS) is 21.2. The number of fused-ring (bicyclic) bond motifs is 1. The summed E-state index contributed by atoms with van der Waals surface area (Å²) in [5.74, 6) is 0.244. The van der Waals surface area contributed by atoms with Gasteiger partial charge in [-0.2, -0.15) is 4.31 Å². The Morgan fingerprint density at radius 3 is 2.55 bits per heavy atom. The standard InChI is InChI=1S/C21H25FN2O4S/c1-16-15-28-21-7-2-17(13-23-8-10-27-11-9-23)12-18(21)14-24(16)29(25,26)20-5-3-19(22)4-6-20/h2-7,12,16H,8-11,13-15H2,1H3/t16-/m0/s1. The van der Waals surface area contributed by atoms with Crippen LogP contribution in [0.15, 0.2) is 47.4 Å². The van der Waals surface area contributed by atoms with Gasteiger partial charge < -0.3 is 9.47 Å². The van der Waals surface area contributed by atoms with Crippen molar-refractivity contribution in [1.82, 2.24) is 9.21 Å². The first-order chi connectivity index (χ1) is 13.9. The highest BCUT2D eigenvalue weighted by molar-refractivity contribution is 7.89. The van der Waals surface area contributed by atoms with E-state index in [9.17, 15) is 12.8 Å². The fourth-order valence-electron chi connectivity index (χ4n) is 3.69. The van der Waals surface area contributed by atoms with Gasteiger partial charge in [-0.25, -0.2) is 12.8 Å².